The van der Waals surface area contributed by atoms with Crippen molar-refractivity contribution in [1.82, 2.24) is 14.9 Å². The van der Waals surface area contributed by atoms with Gasteiger partial charge in [0.2, 0.25) is 5.95 Å². The number of piperazine rings is 1. The molecule has 0 bridgehead atoms. The van der Waals surface area contributed by atoms with E-state index in [0.717, 1.165) is 48.7 Å². The summed E-state index contributed by atoms with van der Waals surface area (Å²) in [4.78, 5) is 39.4. The van der Waals surface area contributed by atoms with Gasteiger partial charge in [-0.25, -0.2) is 4.98 Å². The van der Waals surface area contributed by atoms with Crippen LogP contribution in [0.15, 0.2) is 85.6 Å². The number of rotatable bonds is 10. The van der Waals surface area contributed by atoms with E-state index in [1.54, 1.807) is 6.07 Å². The van der Waals surface area contributed by atoms with Crippen LogP contribution in [0.25, 0.3) is 0 Å². The quantitative estimate of drug-likeness (QED) is 0.186. The summed E-state index contributed by atoms with van der Waals surface area (Å²) in [5.41, 5.74) is 5.06. The Bertz CT molecular complexity index is 1610. The maximum atomic E-state index is 13.5. The Morgan fingerprint density at radius 2 is 1.72 bits per heavy atom. The molecule has 3 N–H and O–H groups in total. The van der Waals surface area contributed by atoms with Crippen molar-refractivity contribution in [2.45, 2.75) is 13.3 Å². The number of hydrogen-bond acceptors (Lipinski definition) is 8. The summed E-state index contributed by atoms with van der Waals surface area (Å²) >= 11 is 6.21. The van der Waals surface area contributed by atoms with Gasteiger partial charge in [-0.05, 0) is 79.7 Å². The average Bonchev–Trinajstić information content (AvgIpc) is 2.98. The Balaban J connectivity index is 1.42. The van der Waals surface area contributed by atoms with Gasteiger partial charge in [-0.2, -0.15) is 4.98 Å². The van der Waals surface area contributed by atoms with Gasteiger partial charge < -0.3 is 25.8 Å². The van der Waals surface area contributed by atoms with Crippen LogP contribution >= 0.6 is 11.6 Å². The molecule has 1 fully saturated rings. The normalized spacial score (nSPS) is 13.3. The van der Waals surface area contributed by atoms with E-state index in [4.69, 9.17) is 11.6 Å². The Hall–Kier alpha value is -4.73. The topological polar surface area (TPSA) is 102 Å². The zero-order valence-electron chi connectivity index (χ0n) is 24.2. The maximum Gasteiger partial charge on any atom is 0.261 e. The molecule has 0 unspecified atom stereocenters. The van der Waals surface area contributed by atoms with E-state index in [1.165, 1.54) is 12.3 Å². The van der Waals surface area contributed by atoms with Crippen molar-refractivity contribution in [3.63, 3.8) is 0 Å². The largest absolute Gasteiger partial charge is 0.369 e. The number of nitrogens with one attached hydrogen (secondary N) is 3. The molecule has 1 aliphatic heterocycles. The van der Waals surface area contributed by atoms with Crippen molar-refractivity contribution in [1.29, 1.82) is 0 Å². The van der Waals surface area contributed by atoms with Gasteiger partial charge in [-0.1, -0.05) is 36.4 Å². The first-order valence-electron chi connectivity index (χ1n) is 14.0. The van der Waals surface area contributed by atoms with E-state index in [9.17, 15) is 9.59 Å². The van der Waals surface area contributed by atoms with E-state index >= 15 is 0 Å². The third-order valence-electron chi connectivity index (χ3n) is 7.19. The summed E-state index contributed by atoms with van der Waals surface area (Å²) in [5, 5.41) is 9.93. The lowest BCUT2D eigenvalue weighted by Crippen LogP contribution is -2.44. The van der Waals surface area contributed by atoms with E-state index in [0.29, 0.717) is 22.3 Å². The molecule has 0 saturated carbocycles. The van der Waals surface area contributed by atoms with Crippen LogP contribution in [0, 0.1) is 6.92 Å². The molecule has 2 heterocycles. The summed E-state index contributed by atoms with van der Waals surface area (Å²) in [6.07, 6.45) is 2.93. The van der Waals surface area contributed by atoms with Gasteiger partial charge in [0.1, 0.15) is 11.4 Å². The van der Waals surface area contributed by atoms with Crippen LogP contribution in [0.5, 0.6) is 0 Å². The molecule has 4 aromatic rings. The molecule has 1 saturated heterocycles. The minimum Gasteiger partial charge on any atom is -0.369 e. The summed E-state index contributed by atoms with van der Waals surface area (Å²) in [5.74, 6) is 0.0615. The highest BCUT2D eigenvalue weighted by atomic mass is 35.5. The number of halogens is 1. The third kappa shape index (κ3) is 7.77. The number of benzene rings is 3. The lowest BCUT2D eigenvalue weighted by molar-refractivity contribution is -0.114. The second-order valence-electron chi connectivity index (χ2n) is 10.5. The average molecular weight is 596 g/mol. The van der Waals surface area contributed by atoms with Crippen LogP contribution in [-0.2, 0) is 11.2 Å². The molecule has 5 rings (SSSR count). The predicted octanol–water partition coefficient (Wildman–Crippen LogP) is 6.23. The molecule has 0 spiro atoms. The first-order chi connectivity index (χ1) is 20.8. The number of amides is 1. The van der Waals surface area contributed by atoms with Gasteiger partial charge in [-0.15, -0.1) is 0 Å². The van der Waals surface area contributed by atoms with Crippen molar-refractivity contribution in [2.75, 3.05) is 54.1 Å². The molecule has 0 atom stereocenters. The Labute approximate surface area is 256 Å². The molecule has 43 heavy (non-hydrogen) atoms. The van der Waals surface area contributed by atoms with Crippen LogP contribution in [0.2, 0.25) is 5.02 Å². The van der Waals surface area contributed by atoms with E-state index in [1.807, 2.05) is 55.5 Å². The van der Waals surface area contributed by atoms with Crippen molar-refractivity contribution in [3.8, 4) is 0 Å². The molecule has 0 aliphatic carbocycles. The summed E-state index contributed by atoms with van der Waals surface area (Å²) in [6.45, 7) is 9.52. The number of aromatic nitrogens is 2. The number of nitrogens with zero attached hydrogens (tertiary/aromatic N) is 4. The molecule has 9 nitrogen and oxygen atoms in total. The SMILES string of the molecule is C=CC(=O)Cc1ccccc1Nc1nc(Nc2ccc(N3CCN(C)CC3)cc2)ncc1C(=O)Nc1cc(C)cc(Cl)c1. The fourth-order valence-electron chi connectivity index (χ4n) is 4.84. The molecular formula is C33H34ClN7O2. The zero-order valence-corrected chi connectivity index (χ0v) is 25.0. The van der Waals surface area contributed by atoms with Gasteiger partial charge in [0.25, 0.3) is 5.91 Å². The standard InChI is InChI=1S/C33H34ClN7O2/c1-4-28(42)19-23-7-5-6-8-30(23)38-31-29(32(43)36-26-18-22(2)17-24(34)20-26)21-35-33(39-31)37-25-9-11-27(12-10-25)41-15-13-40(3)14-16-41/h4-12,17-18,20-21H,1,13-16,19H2,2-3H3,(H,36,43)(H2,35,37,38,39). The molecule has 0 radical (unpaired) electrons. The zero-order chi connectivity index (χ0) is 30.3. The van der Waals surface area contributed by atoms with Crippen LogP contribution < -0.4 is 20.9 Å². The molecule has 1 aliphatic rings. The molecule has 3 aromatic carbocycles. The number of allylic oxidation sites excluding steroid dienone is 1. The Morgan fingerprint density at radius 1 is 0.977 bits per heavy atom. The number of likely N-dealkylation sites (N-methyl/N-ethyl adjacent to an activating group) is 1. The molecule has 1 amide bonds. The Kier molecular flexibility index (Phi) is 9.34. The van der Waals surface area contributed by atoms with Gasteiger partial charge in [0.15, 0.2) is 5.78 Å². The highest BCUT2D eigenvalue weighted by molar-refractivity contribution is 6.31. The molecule has 220 valence electrons. The van der Waals surface area contributed by atoms with Gasteiger partial charge in [-0.3, -0.25) is 9.59 Å². The van der Waals surface area contributed by atoms with Gasteiger partial charge in [0.05, 0.1) is 0 Å². The number of aryl methyl sites for hydroxylation is 1. The Morgan fingerprint density at radius 3 is 2.44 bits per heavy atom. The lowest BCUT2D eigenvalue weighted by Gasteiger charge is -2.34. The van der Waals surface area contributed by atoms with Crippen LogP contribution in [0.1, 0.15) is 21.5 Å². The lowest BCUT2D eigenvalue weighted by atomic mass is 10.1. The number of carbonyl (C=O) groups is 2. The highest BCUT2D eigenvalue weighted by Gasteiger charge is 2.18. The minimum atomic E-state index is -0.410. The summed E-state index contributed by atoms with van der Waals surface area (Å²) < 4.78 is 0. The number of para-hydroxylation sites is 1. The number of carbonyl (C=O) groups excluding carboxylic acids is 2. The first kappa shape index (κ1) is 29.8. The van der Waals surface area contributed by atoms with Crippen LogP contribution in [-0.4, -0.2) is 59.8 Å². The van der Waals surface area contributed by atoms with Crippen molar-refractivity contribution >= 4 is 57.8 Å². The fraction of sp³-hybridized carbons (Fsp3) is 0.212. The van der Waals surface area contributed by atoms with E-state index in [2.05, 4.69) is 61.5 Å². The van der Waals surface area contributed by atoms with E-state index < -0.39 is 5.91 Å². The molecule has 10 heteroatoms. The van der Waals surface area contributed by atoms with Crippen molar-refractivity contribution in [3.05, 3.63) is 107 Å². The summed E-state index contributed by atoms with van der Waals surface area (Å²) in [6, 6.07) is 20.8. The van der Waals surface area contributed by atoms with Crippen LogP contribution in [0.4, 0.5) is 34.5 Å². The monoisotopic (exact) mass is 595 g/mol. The summed E-state index contributed by atoms with van der Waals surface area (Å²) in [7, 11) is 2.14. The fourth-order valence-corrected chi connectivity index (χ4v) is 5.13. The van der Waals surface area contributed by atoms with Crippen molar-refractivity contribution in [2.24, 2.45) is 0 Å². The van der Waals surface area contributed by atoms with Gasteiger partial charge >= 0.3 is 0 Å². The second-order valence-corrected chi connectivity index (χ2v) is 11.0. The third-order valence-corrected chi connectivity index (χ3v) is 7.41. The maximum absolute atomic E-state index is 13.5. The molecule has 1 aromatic heterocycles. The van der Waals surface area contributed by atoms with Crippen LogP contribution in [0.3, 0.4) is 0 Å². The van der Waals surface area contributed by atoms with Gasteiger partial charge in [0, 0.05) is 66.6 Å². The first-order valence-corrected chi connectivity index (χ1v) is 14.4. The number of ketones is 1. The van der Waals surface area contributed by atoms with Crippen molar-refractivity contribution < 1.29 is 9.59 Å². The minimum absolute atomic E-state index is 0.117. The smallest absolute Gasteiger partial charge is 0.261 e. The second kappa shape index (κ2) is 13.5. The predicted molar refractivity (Wildman–Crippen MR) is 174 cm³/mol. The number of anilines is 6. The highest BCUT2D eigenvalue weighted by Crippen LogP contribution is 2.27. The number of hydrogen-bond donors (Lipinski definition) is 3. The van der Waals surface area contributed by atoms with E-state index in [-0.39, 0.29) is 23.6 Å². The molecular weight excluding hydrogens is 562 g/mol.